The molecule has 0 bridgehead atoms. The zero-order valence-electron chi connectivity index (χ0n) is 11.1. The Morgan fingerprint density at radius 1 is 1.05 bits per heavy atom. The standard InChI is InChI=1S/C15H16N4O/c20-15-18-10-5-4-8-14(18)17-19(15)11-9-16-12-13-6-2-1-3-7-13/h1-8,10,16H,9,11-12H2. The third-order valence-electron chi connectivity index (χ3n) is 3.16. The molecule has 0 radical (unpaired) electrons. The van der Waals surface area contributed by atoms with Crippen LogP contribution in [-0.4, -0.2) is 20.7 Å². The van der Waals surface area contributed by atoms with E-state index in [0.717, 1.165) is 6.54 Å². The normalized spacial score (nSPS) is 11.0. The molecule has 0 spiro atoms. The van der Waals surface area contributed by atoms with Crippen LogP contribution in [-0.2, 0) is 13.1 Å². The van der Waals surface area contributed by atoms with Crippen LogP contribution in [0.3, 0.4) is 0 Å². The lowest BCUT2D eigenvalue weighted by Gasteiger charge is -2.04. The smallest absolute Gasteiger partial charge is 0.311 e. The first-order valence-electron chi connectivity index (χ1n) is 6.63. The number of hydrogen-bond donors (Lipinski definition) is 1. The second-order valence-electron chi connectivity index (χ2n) is 4.60. The van der Waals surface area contributed by atoms with Gasteiger partial charge < -0.3 is 5.32 Å². The molecule has 5 heteroatoms. The Kier molecular flexibility index (Phi) is 3.60. The van der Waals surface area contributed by atoms with E-state index in [1.807, 2.05) is 36.4 Å². The highest BCUT2D eigenvalue weighted by molar-refractivity contribution is 5.35. The van der Waals surface area contributed by atoms with Gasteiger partial charge in [-0.25, -0.2) is 9.48 Å². The lowest BCUT2D eigenvalue weighted by Crippen LogP contribution is -2.27. The van der Waals surface area contributed by atoms with Crippen LogP contribution in [0.1, 0.15) is 5.56 Å². The predicted octanol–water partition coefficient (Wildman–Crippen LogP) is 1.29. The van der Waals surface area contributed by atoms with Gasteiger partial charge >= 0.3 is 5.69 Å². The maximum Gasteiger partial charge on any atom is 0.350 e. The van der Waals surface area contributed by atoms with E-state index in [1.54, 1.807) is 10.6 Å². The summed E-state index contributed by atoms with van der Waals surface area (Å²) in [6, 6.07) is 15.7. The number of nitrogens with one attached hydrogen (secondary N) is 1. The topological polar surface area (TPSA) is 51.3 Å². The quantitative estimate of drug-likeness (QED) is 0.709. The van der Waals surface area contributed by atoms with E-state index in [0.29, 0.717) is 18.7 Å². The maximum atomic E-state index is 12.0. The zero-order valence-corrected chi connectivity index (χ0v) is 11.1. The van der Waals surface area contributed by atoms with E-state index in [-0.39, 0.29) is 5.69 Å². The van der Waals surface area contributed by atoms with Gasteiger partial charge in [-0.05, 0) is 17.7 Å². The van der Waals surface area contributed by atoms with Gasteiger partial charge in [-0.2, -0.15) is 0 Å². The van der Waals surface area contributed by atoms with Crippen LogP contribution >= 0.6 is 0 Å². The van der Waals surface area contributed by atoms with Crippen LogP contribution < -0.4 is 11.0 Å². The molecule has 0 atom stereocenters. The number of rotatable bonds is 5. The first-order chi connectivity index (χ1) is 9.84. The summed E-state index contributed by atoms with van der Waals surface area (Å²) in [6.07, 6.45) is 1.73. The predicted molar refractivity (Wildman–Crippen MR) is 77.6 cm³/mol. The van der Waals surface area contributed by atoms with Crippen molar-refractivity contribution >= 4 is 5.65 Å². The first kappa shape index (κ1) is 12.6. The molecule has 1 N–H and O–H groups in total. The highest BCUT2D eigenvalue weighted by atomic mass is 16.2. The highest BCUT2D eigenvalue weighted by Gasteiger charge is 2.04. The van der Waals surface area contributed by atoms with Crippen molar-refractivity contribution in [1.29, 1.82) is 0 Å². The summed E-state index contributed by atoms with van der Waals surface area (Å²) in [6.45, 7) is 2.06. The number of benzene rings is 1. The zero-order chi connectivity index (χ0) is 13.8. The van der Waals surface area contributed by atoms with Crippen molar-refractivity contribution < 1.29 is 0 Å². The minimum Gasteiger partial charge on any atom is -0.311 e. The molecule has 0 saturated carbocycles. The fraction of sp³-hybridized carbons (Fsp3) is 0.200. The van der Waals surface area contributed by atoms with Gasteiger partial charge in [0.25, 0.3) is 0 Å². The average molecular weight is 268 g/mol. The van der Waals surface area contributed by atoms with E-state index in [2.05, 4.69) is 22.5 Å². The second-order valence-corrected chi connectivity index (χ2v) is 4.60. The van der Waals surface area contributed by atoms with Crippen LogP contribution in [0.25, 0.3) is 5.65 Å². The summed E-state index contributed by atoms with van der Waals surface area (Å²) in [4.78, 5) is 12.0. The summed E-state index contributed by atoms with van der Waals surface area (Å²) >= 11 is 0. The molecule has 2 heterocycles. The van der Waals surface area contributed by atoms with E-state index >= 15 is 0 Å². The fourth-order valence-electron chi connectivity index (χ4n) is 2.13. The SMILES string of the molecule is O=c1n(CCNCc2ccccc2)nc2ccccn12. The summed E-state index contributed by atoms with van der Waals surface area (Å²) in [7, 11) is 0. The Morgan fingerprint density at radius 3 is 2.65 bits per heavy atom. The van der Waals surface area contributed by atoms with Crippen LogP contribution in [0.2, 0.25) is 0 Å². The third-order valence-corrected chi connectivity index (χ3v) is 3.16. The first-order valence-corrected chi connectivity index (χ1v) is 6.63. The number of fused-ring (bicyclic) bond motifs is 1. The molecule has 3 rings (SSSR count). The van der Waals surface area contributed by atoms with E-state index in [9.17, 15) is 4.79 Å². The average Bonchev–Trinajstić information content (AvgIpc) is 2.82. The number of pyridine rings is 1. The molecular formula is C15H16N4O. The Labute approximate surface area is 116 Å². The van der Waals surface area contributed by atoms with Crippen LogP contribution in [0, 0.1) is 0 Å². The summed E-state index contributed by atoms with van der Waals surface area (Å²) in [5.74, 6) is 0. The van der Waals surface area contributed by atoms with Gasteiger partial charge in [0, 0.05) is 19.3 Å². The highest BCUT2D eigenvalue weighted by Crippen LogP contribution is 1.97. The molecule has 0 aliphatic rings. The molecule has 0 saturated heterocycles. The van der Waals surface area contributed by atoms with Gasteiger partial charge in [0.2, 0.25) is 0 Å². The number of hydrogen-bond acceptors (Lipinski definition) is 3. The molecule has 102 valence electrons. The van der Waals surface area contributed by atoms with Crippen molar-refractivity contribution in [2.75, 3.05) is 6.54 Å². The Bertz CT molecular complexity index is 745. The minimum absolute atomic E-state index is 0.0953. The monoisotopic (exact) mass is 268 g/mol. The van der Waals surface area contributed by atoms with Crippen LogP contribution in [0.4, 0.5) is 0 Å². The van der Waals surface area contributed by atoms with Crippen LogP contribution in [0.5, 0.6) is 0 Å². The number of nitrogens with zero attached hydrogens (tertiary/aromatic N) is 3. The molecule has 5 nitrogen and oxygen atoms in total. The Morgan fingerprint density at radius 2 is 1.85 bits per heavy atom. The van der Waals surface area contributed by atoms with Crippen molar-refractivity contribution in [2.24, 2.45) is 0 Å². The molecule has 0 amide bonds. The van der Waals surface area contributed by atoms with Crippen LogP contribution in [0.15, 0.2) is 59.5 Å². The molecule has 20 heavy (non-hydrogen) atoms. The minimum atomic E-state index is -0.0953. The van der Waals surface area contributed by atoms with Gasteiger partial charge in [-0.3, -0.25) is 4.40 Å². The summed E-state index contributed by atoms with van der Waals surface area (Å²) < 4.78 is 3.05. The summed E-state index contributed by atoms with van der Waals surface area (Å²) in [5.41, 5.74) is 1.82. The van der Waals surface area contributed by atoms with Gasteiger partial charge in [0.1, 0.15) is 0 Å². The van der Waals surface area contributed by atoms with Gasteiger partial charge in [0.15, 0.2) is 5.65 Å². The molecule has 3 aromatic rings. The van der Waals surface area contributed by atoms with E-state index < -0.39 is 0 Å². The van der Waals surface area contributed by atoms with Gasteiger partial charge in [0.05, 0.1) is 6.54 Å². The largest absolute Gasteiger partial charge is 0.350 e. The molecule has 0 fully saturated rings. The van der Waals surface area contributed by atoms with E-state index in [1.165, 1.54) is 10.2 Å². The third kappa shape index (κ3) is 2.62. The van der Waals surface area contributed by atoms with Crippen molar-refractivity contribution in [3.63, 3.8) is 0 Å². The Hall–Kier alpha value is -2.40. The van der Waals surface area contributed by atoms with Crippen molar-refractivity contribution in [2.45, 2.75) is 13.1 Å². The summed E-state index contributed by atoms with van der Waals surface area (Å²) in [5, 5.41) is 7.60. The van der Waals surface area contributed by atoms with Gasteiger partial charge in [-0.1, -0.05) is 36.4 Å². The van der Waals surface area contributed by atoms with Crippen molar-refractivity contribution in [3.8, 4) is 0 Å². The molecule has 0 aliphatic heterocycles. The molecular weight excluding hydrogens is 252 g/mol. The number of aromatic nitrogens is 3. The fourth-order valence-corrected chi connectivity index (χ4v) is 2.13. The molecule has 1 aromatic carbocycles. The lowest BCUT2D eigenvalue weighted by atomic mass is 10.2. The van der Waals surface area contributed by atoms with Crippen molar-refractivity contribution in [1.82, 2.24) is 19.5 Å². The maximum absolute atomic E-state index is 12.0. The molecule has 2 aromatic heterocycles. The molecule has 0 unspecified atom stereocenters. The lowest BCUT2D eigenvalue weighted by molar-refractivity contribution is 0.541. The molecule has 0 aliphatic carbocycles. The Balaban J connectivity index is 1.60. The van der Waals surface area contributed by atoms with Gasteiger partial charge in [-0.15, -0.1) is 5.10 Å². The van der Waals surface area contributed by atoms with E-state index in [4.69, 9.17) is 0 Å². The second kappa shape index (κ2) is 5.71. The van der Waals surface area contributed by atoms with Crippen molar-refractivity contribution in [3.05, 3.63) is 70.8 Å².